The predicted octanol–water partition coefficient (Wildman–Crippen LogP) is -0.890. The highest BCUT2D eigenvalue weighted by Gasteiger charge is 2.02. The van der Waals surface area contributed by atoms with Crippen molar-refractivity contribution in [1.82, 2.24) is 10.6 Å². The van der Waals surface area contributed by atoms with Crippen molar-refractivity contribution in [3.63, 3.8) is 0 Å². The second-order valence-corrected chi connectivity index (χ2v) is 3.12. The summed E-state index contributed by atoms with van der Waals surface area (Å²) in [6.45, 7) is 3.75. The van der Waals surface area contributed by atoms with E-state index in [4.69, 9.17) is 9.84 Å². The number of carbonyl (C=O) groups is 1. The fraction of sp³-hybridized carbons (Fsp3) is 0.889. The number of hydrogen-bond acceptors (Lipinski definition) is 4. The Morgan fingerprint density at radius 2 is 2.21 bits per heavy atom. The molecule has 0 aliphatic carbocycles. The quantitative estimate of drug-likeness (QED) is 0.449. The first-order chi connectivity index (χ1) is 6.66. The lowest BCUT2D eigenvalue weighted by molar-refractivity contribution is -0.122. The fourth-order valence-corrected chi connectivity index (χ4v) is 0.791. The number of aliphatic hydroxyl groups is 1. The molecule has 0 radical (unpaired) electrons. The molecule has 5 nitrogen and oxygen atoms in total. The van der Waals surface area contributed by atoms with Gasteiger partial charge in [-0.3, -0.25) is 4.79 Å². The molecule has 0 heterocycles. The number of rotatable bonds is 8. The first-order valence-corrected chi connectivity index (χ1v) is 4.84. The largest absolute Gasteiger partial charge is 0.392 e. The highest BCUT2D eigenvalue weighted by Crippen LogP contribution is 1.84. The molecular weight excluding hydrogens is 184 g/mol. The summed E-state index contributed by atoms with van der Waals surface area (Å²) in [7, 11) is 1.85. The highest BCUT2D eigenvalue weighted by atomic mass is 16.5. The lowest BCUT2D eigenvalue weighted by atomic mass is 10.3. The van der Waals surface area contributed by atoms with Crippen molar-refractivity contribution in [1.29, 1.82) is 0 Å². The van der Waals surface area contributed by atoms with Gasteiger partial charge in [-0.25, -0.2) is 0 Å². The minimum atomic E-state index is -0.496. The van der Waals surface area contributed by atoms with Gasteiger partial charge in [-0.2, -0.15) is 0 Å². The monoisotopic (exact) mass is 204 g/mol. The number of carbonyl (C=O) groups excluding carboxylic acids is 1. The van der Waals surface area contributed by atoms with Crippen molar-refractivity contribution in [2.45, 2.75) is 19.4 Å². The average molecular weight is 204 g/mol. The third kappa shape index (κ3) is 9.44. The Bertz CT molecular complexity index is 151. The number of aliphatic hydroxyl groups excluding tert-OH is 1. The van der Waals surface area contributed by atoms with Crippen LogP contribution in [0.3, 0.4) is 0 Å². The van der Waals surface area contributed by atoms with Crippen LogP contribution in [0.15, 0.2) is 0 Å². The van der Waals surface area contributed by atoms with E-state index in [0.29, 0.717) is 26.2 Å². The molecule has 14 heavy (non-hydrogen) atoms. The normalized spacial score (nSPS) is 12.5. The molecule has 0 saturated carbocycles. The van der Waals surface area contributed by atoms with E-state index in [9.17, 15) is 4.79 Å². The molecule has 5 heteroatoms. The molecule has 0 spiro atoms. The van der Waals surface area contributed by atoms with Crippen LogP contribution in [0.5, 0.6) is 0 Å². The topological polar surface area (TPSA) is 70.6 Å². The van der Waals surface area contributed by atoms with Crippen LogP contribution in [-0.2, 0) is 9.53 Å². The number of ether oxygens (including phenoxy) is 1. The predicted molar refractivity (Wildman–Crippen MR) is 54.1 cm³/mol. The van der Waals surface area contributed by atoms with Gasteiger partial charge in [0.1, 0.15) is 0 Å². The van der Waals surface area contributed by atoms with Crippen LogP contribution >= 0.6 is 0 Å². The third-order valence-corrected chi connectivity index (χ3v) is 1.56. The molecule has 0 aromatic carbocycles. The summed E-state index contributed by atoms with van der Waals surface area (Å²) in [5.41, 5.74) is 0. The number of hydrogen-bond donors (Lipinski definition) is 3. The molecule has 0 rings (SSSR count). The zero-order valence-electron chi connectivity index (χ0n) is 8.88. The van der Waals surface area contributed by atoms with E-state index in [0.717, 1.165) is 6.54 Å². The van der Waals surface area contributed by atoms with Gasteiger partial charge in [0.2, 0.25) is 5.91 Å². The third-order valence-electron chi connectivity index (χ3n) is 1.56. The smallest absolute Gasteiger partial charge is 0.222 e. The molecule has 0 aromatic rings. The van der Waals surface area contributed by atoms with Crippen LogP contribution in [0.4, 0.5) is 0 Å². The molecule has 3 N–H and O–H groups in total. The first kappa shape index (κ1) is 13.4. The molecule has 0 bridgehead atoms. The average Bonchev–Trinajstić information content (AvgIpc) is 2.14. The summed E-state index contributed by atoms with van der Waals surface area (Å²) in [6, 6.07) is 0. The molecule has 0 unspecified atom stereocenters. The van der Waals surface area contributed by atoms with Gasteiger partial charge in [-0.1, -0.05) is 0 Å². The van der Waals surface area contributed by atoms with Gasteiger partial charge >= 0.3 is 0 Å². The van der Waals surface area contributed by atoms with E-state index in [1.807, 2.05) is 7.05 Å². The van der Waals surface area contributed by atoms with E-state index < -0.39 is 6.10 Å². The zero-order valence-corrected chi connectivity index (χ0v) is 8.88. The van der Waals surface area contributed by atoms with E-state index in [1.54, 1.807) is 6.92 Å². The molecule has 1 atom stereocenters. The van der Waals surface area contributed by atoms with Gasteiger partial charge in [0.25, 0.3) is 0 Å². The van der Waals surface area contributed by atoms with Crippen molar-refractivity contribution in [2.75, 3.05) is 33.4 Å². The lowest BCUT2D eigenvalue weighted by Crippen LogP contribution is -2.31. The van der Waals surface area contributed by atoms with Gasteiger partial charge in [0.05, 0.1) is 19.3 Å². The number of amides is 1. The first-order valence-electron chi connectivity index (χ1n) is 4.84. The van der Waals surface area contributed by atoms with E-state index in [2.05, 4.69) is 10.6 Å². The van der Waals surface area contributed by atoms with Crippen LogP contribution in [0, 0.1) is 0 Å². The summed E-state index contributed by atoms with van der Waals surface area (Å²) in [6.07, 6.45) is -0.152. The summed E-state index contributed by atoms with van der Waals surface area (Å²) < 4.78 is 5.17. The molecule has 0 aromatic heterocycles. The fourth-order valence-electron chi connectivity index (χ4n) is 0.791. The lowest BCUT2D eigenvalue weighted by Gasteiger charge is -2.07. The van der Waals surface area contributed by atoms with Gasteiger partial charge in [-0.15, -0.1) is 0 Å². The Labute approximate surface area is 84.8 Å². The van der Waals surface area contributed by atoms with Crippen molar-refractivity contribution >= 4 is 5.91 Å². The zero-order chi connectivity index (χ0) is 10.8. The van der Waals surface area contributed by atoms with Crippen molar-refractivity contribution in [2.24, 2.45) is 0 Å². The summed E-state index contributed by atoms with van der Waals surface area (Å²) in [5, 5.41) is 14.4. The molecule has 0 saturated heterocycles. The Morgan fingerprint density at radius 1 is 1.50 bits per heavy atom. The highest BCUT2D eigenvalue weighted by molar-refractivity contribution is 5.75. The van der Waals surface area contributed by atoms with E-state index >= 15 is 0 Å². The van der Waals surface area contributed by atoms with Crippen LogP contribution in [-0.4, -0.2) is 50.5 Å². The van der Waals surface area contributed by atoms with Gasteiger partial charge in [-0.05, 0) is 14.0 Å². The summed E-state index contributed by atoms with van der Waals surface area (Å²) in [4.78, 5) is 11.1. The molecule has 0 fully saturated rings. The molecular formula is C9H20N2O3. The maximum absolute atomic E-state index is 11.1. The minimum absolute atomic E-state index is 0.0876. The van der Waals surface area contributed by atoms with Gasteiger partial charge in [0.15, 0.2) is 0 Å². The van der Waals surface area contributed by atoms with Crippen LogP contribution < -0.4 is 10.6 Å². The SMILES string of the molecule is CNCCOCCC(=O)NC[C@H](C)O. The summed E-state index contributed by atoms with van der Waals surface area (Å²) in [5.74, 6) is -0.0876. The maximum Gasteiger partial charge on any atom is 0.222 e. The van der Waals surface area contributed by atoms with Gasteiger partial charge < -0.3 is 20.5 Å². The Hall–Kier alpha value is -0.650. The van der Waals surface area contributed by atoms with Crippen LogP contribution in [0.1, 0.15) is 13.3 Å². The molecule has 1 amide bonds. The van der Waals surface area contributed by atoms with E-state index in [-0.39, 0.29) is 5.91 Å². The molecule has 84 valence electrons. The molecule has 0 aliphatic heterocycles. The summed E-state index contributed by atoms with van der Waals surface area (Å²) >= 11 is 0. The van der Waals surface area contributed by atoms with Crippen LogP contribution in [0.25, 0.3) is 0 Å². The molecule has 0 aliphatic rings. The van der Waals surface area contributed by atoms with Crippen molar-refractivity contribution in [3.05, 3.63) is 0 Å². The van der Waals surface area contributed by atoms with Crippen LogP contribution in [0.2, 0.25) is 0 Å². The Balaban J connectivity index is 3.18. The van der Waals surface area contributed by atoms with Crippen molar-refractivity contribution < 1.29 is 14.6 Å². The Morgan fingerprint density at radius 3 is 2.79 bits per heavy atom. The van der Waals surface area contributed by atoms with Gasteiger partial charge in [0, 0.05) is 19.5 Å². The second-order valence-electron chi connectivity index (χ2n) is 3.12. The maximum atomic E-state index is 11.1. The minimum Gasteiger partial charge on any atom is -0.392 e. The second kappa shape index (κ2) is 8.93. The number of nitrogens with one attached hydrogen (secondary N) is 2. The van der Waals surface area contributed by atoms with E-state index in [1.165, 1.54) is 0 Å². The Kier molecular flexibility index (Phi) is 8.51. The number of likely N-dealkylation sites (N-methyl/N-ethyl adjacent to an activating group) is 1. The standard InChI is InChI=1S/C9H20N2O3/c1-8(12)7-11-9(13)3-5-14-6-4-10-2/h8,10,12H,3-7H2,1-2H3,(H,11,13)/t8-/m0/s1. The van der Waals surface area contributed by atoms with Crippen molar-refractivity contribution in [3.8, 4) is 0 Å².